The van der Waals surface area contributed by atoms with Crippen LogP contribution in [0.4, 0.5) is 22.9 Å². The molecule has 0 saturated carbocycles. The molecule has 0 amide bonds. The second kappa shape index (κ2) is 6.74. The van der Waals surface area contributed by atoms with Gasteiger partial charge in [-0.05, 0) is 12.1 Å². The Hall–Kier alpha value is -4.19. The SMILES string of the molecule is N#Cc1nn(C(=Nc2ccc([N+](=O)[O-])cc2)c2ccccc2)c(N)c1N. The lowest BCUT2D eigenvalue weighted by molar-refractivity contribution is -0.384. The average molecular weight is 347 g/mol. The van der Waals surface area contributed by atoms with E-state index in [1.54, 1.807) is 12.1 Å². The molecule has 3 rings (SSSR count). The van der Waals surface area contributed by atoms with Crippen molar-refractivity contribution >= 4 is 28.7 Å². The van der Waals surface area contributed by atoms with E-state index in [2.05, 4.69) is 10.1 Å². The van der Waals surface area contributed by atoms with Crippen molar-refractivity contribution in [2.24, 2.45) is 4.99 Å². The molecule has 2 aromatic carbocycles. The maximum atomic E-state index is 10.8. The van der Waals surface area contributed by atoms with Crippen molar-refractivity contribution in [2.45, 2.75) is 0 Å². The van der Waals surface area contributed by atoms with Crippen LogP contribution in [0.5, 0.6) is 0 Å². The van der Waals surface area contributed by atoms with E-state index < -0.39 is 4.92 Å². The number of rotatable bonds is 3. The predicted octanol–water partition coefficient (Wildman–Crippen LogP) is 2.45. The van der Waals surface area contributed by atoms with Gasteiger partial charge in [0, 0.05) is 17.7 Å². The maximum absolute atomic E-state index is 10.8. The van der Waals surface area contributed by atoms with E-state index >= 15 is 0 Å². The van der Waals surface area contributed by atoms with Crippen molar-refractivity contribution in [3.63, 3.8) is 0 Å². The molecule has 0 bridgehead atoms. The van der Waals surface area contributed by atoms with E-state index in [4.69, 9.17) is 16.7 Å². The molecular formula is C17H13N7O2. The van der Waals surface area contributed by atoms with Crippen LogP contribution in [0.25, 0.3) is 0 Å². The van der Waals surface area contributed by atoms with Crippen molar-refractivity contribution in [3.05, 3.63) is 76.0 Å². The number of nitro benzene ring substituents is 1. The normalized spacial score (nSPS) is 11.1. The Morgan fingerprint density at radius 3 is 2.35 bits per heavy atom. The number of anilines is 2. The first-order valence-corrected chi connectivity index (χ1v) is 7.44. The number of aromatic nitrogens is 2. The maximum Gasteiger partial charge on any atom is 0.269 e. The van der Waals surface area contributed by atoms with Crippen LogP contribution in [-0.2, 0) is 0 Å². The molecule has 0 spiro atoms. The molecule has 0 saturated heterocycles. The standard InChI is InChI=1S/C17H13N7O2/c18-10-14-15(19)16(20)23(22-14)17(11-4-2-1-3-5-11)21-12-6-8-13(9-7-12)24(25)26/h1-9H,19-20H2. The molecule has 3 aromatic rings. The highest BCUT2D eigenvalue weighted by atomic mass is 16.6. The number of aliphatic imine (C=N–C) groups is 1. The minimum absolute atomic E-state index is 0.00479. The lowest BCUT2D eigenvalue weighted by Crippen LogP contribution is -2.17. The van der Waals surface area contributed by atoms with Crippen LogP contribution < -0.4 is 11.5 Å². The molecule has 0 aliphatic heterocycles. The number of nitro groups is 1. The number of nitriles is 1. The first-order chi connectivity index (χ1) is 12.5. The molecule has 0 aliphatic carbocycles. The van der Waals surface area contributed by atoms with Crippen LogP contribution in [-0.4, -0.2) is 20.5 Å². The van der Waals surface area contributed by atoms with Crippen LogP contribution in [0.2, 0.25) is 0 Å². The molecule has 0 fully saturated rings. The Morgan fingerprint density at radius 2 is 1.81 bits per heavy atom. The average Bonchev–Trinajstić information content (AvgIpc) is 2.95. The largest absolute Gasteiger partial charge is 0.393 e. The van der Waals surface area contributed by atoms with Crippen LogP contribution in [0, 0.1) is 21.4 Å². The van der Waals surface area contributed by atoms with Crippen LogP contribution >= 0.6 is 0 Å². The predicted molar refractivity (Wildman–Crippen MR) is 96.9 cm³/mol. The summed E-state index contributed by atoms with van der Waals surface area (Å²) in [5.74, 6) is 0.427. The van der Waals surface area contributed by atoms with Gasteiger partial charge in [0.2, 0.25) is 0 Å². The summed E-state index contributed by atoms with van der Waals surface area (Å²) in [6.07, 6.45) is 0. The Morgan fingerprint density at radius 1 is 1.15 bits per heavy atom. The fraction of sp³-hybridized carbons (Fsp3) is 0. The minimum atomic E-state index is -0.489. The highest BCUT2D eigenvalue weighted by molar-refractivity contribution is 6.03. The lowest BCUT2D eigenvalue weighted by Gasteiger charge is -2.09. The summed E-state index contributed by atoms with van der Waals surface area (Å²) in [5, 5.41) is 24.0. The first-order valence-electron chi connectivity index (χ1n) is 7.44. The van der Waals surface area contributed by atoms with Crippen LogP contribution in [0.1, 0.15) is 11.3 Å². The van der Waals surface area contributed by atoms with E-state index in [1.807, 2.05) is 24.3 Å². The summed E-state index contributed by atoms with van der Waals surface area (Å²) in [6.45, 7) is 0. The smallest absolute Gasteiger partial charge is 0.269 e. The second-order valence-electron chi connectivity index (χ2n) is 5.25. The van der Waals surface area contributed by atoms with Crippen molar-refractivity contribution in [1.29, 1.82) is 5.26 Å². The molecule has 0 atom stereocenters. The number of non-ortho nitro benzene ring substituents is 1. The third-order valence-corrected chi connectivity index (χ3v) is 3.59. The Kier molecular flexibility index (Phi) is 4.32. The number of nitrogens with zero attached hydrogens (tertiary/aromatic N) is 5. The van der Waals surface area contributed by atoms with Gasteiger partial charge in [0.25, 0.3) is 5.69 Å². The summed E-state index contributed by atoms with van der Waals surface area (Å²) in [4.78, 5) is 14.8. The number of benzene rings is 2. The van der Waals surface area contributed by atoms with E-state index in [1.165, 1.54) is 28.9 Å². The molecule has 128 valence electrons. The molecule has 9 nitrogen and oxygen atoms in total. The molecule has 0 aliphatic rings. The fourth-order valence-electron chi connectivity index (χ4n) is 2.28. The lowest BCUT2D eigenvalue weighted by atomic mass is 10.2. The van der Waals surface area contributed by atoms with E-state index in [-0.39, 0.29) is 22.9 Å². The van der Waals surface area contributed by atoms with Gasteiger partial charge in [-0.3, -0.25) is 10.1 Å². The zero-order chi connectivity index (χ0) is 18.7. The highest BCUT2D eigenvalue weighted by Crippen LogP contribution is 2.23. The van der Waals surface area contributed by atoms with Crippen molar-refractivity contribution in [2.75, 3.05) is 11.5 Å². The molecule has 4 N–H and O–H groups in total. The summed E-state index contributed by atoms with van der Waals surface area (Å²) in [6, 6.07) is 16.7. The molecule has 1 heterocycles. The zero-order valence-corrected chi connectivity index (χ0v) is 13.4. The summed E-state index contributed by atoms with van der Waals surface area (Å²) in [5.41, 5.74) is 13.0. The van der Waals surface area contributed by atoms with E-state index in [0.29, 0.717) is 17.1 Å². The Balaban J connectivity index is 2.16. The Labute approximate surface area is 148 Å². The van der Waals surface area contributed by atoms with Gasteiger partial charge in [-0.25, -0.2) is 4.99 Å². The van der Waals surface area contributed by atoms with E-state index in [9.17, 15) is 10.1 Å². The van der Waals surface area contributed by atoms with Gasteiger partial charge in [0.05, 0.1) is 10.6 Å². The second-order valence-corrected chi connectivity index (χ2v) is 5.25. The highest BCUT2D eigenvalue weighted by Gasteiger charge is 2.18. The molecule has 1 aromatic heterocycles. The number of nitrogen functional groups attached to an aromatic ring is 2. The molecule has 9 heteroatoms. The third-order valence-electron chi connectivity index (χ3n) is 3.59. The van der Waals surface area contributed by atoms with Crippen molar-refractivity contribution < 1.29 is 4.92 Å². The van der Waals surface area contributed by atoms with Crippen molar-refractivity contribution in [3.8, 4) is 6.07 Å². The monoisotopic (exact) mass is 347 g/mol. The number of hydrogen-bond acceptors (Lipinski definition) is 7. The molecule has 0 radical (unpaired) electrons. The fourth-order valence-corrected chi connectivity index (χ4v) is 2.28. The molecular weight excluding hydrogens is 334 g/mol. The zero-order valence-electron chi connectivity index (χ0n) is 13.4. The minimum Gasteiger partial charge on any atom is -0.393 e. The summed E-state index contributed by atoms with van der Waals surface area (Å²) >= 11 is 0. The molecule has 0 unspecified atom stereocenters. The topological polar surface area (TPSA) is 149 Å². The van der Waals surface area contributed by atoms with Crippen LogP contribution in [0.15, 0.2) is 59.6 Å². The van der Waals surface area contributed by atoms with Gasteiger partial charge < -0.3 is 11.5 Å². The summed E-state index contributed by atoms with van der Waals surface area (Å²) in [7, 11) is 0. The molecule has 26 heavy (non-hydrogen) atoms. The van der Waals surface area contributed by atoms with E-state index in [0.717, 1.165) is 0 Å². The van der Waals surface area contributed by atoms with Crippen molar-refractivity contribution in [1.82, 2.24) is 9.78 Å². The van der Waals surface area contributed by atoms with Gasteiger partial charge in [0.1, 0.15) is 11.8 Å². The number of nitrogens with two attached hydrogens (primary N) is 2. The van der Waals surface area contributed by atoms with Crippen LogP contribution in [0.3, 0.4) is 0 Å². The van der Waals surface area contributed by atoms with Gasteiger partial charge in [-0.1, -0.05) is 30.3 Å². The van der Waals surface area contributed by atoms with Gasteiger partial charge in [-0.15, -0.1) is 0 Å². The quantitative estimate of drug-likeness (QED) is 0.321. The van der Waals surface area contributed by atoms with Gasteiger partial charge in [-0.2, -0.15) is 15.0 Å². The van der Waals surface area contributed by atoms with Gasteiger partial charge >= 0.3 is 0 Å². The Bertz CT molecular complexity index is 1030. The van der Waals surface area contributed by atoms with Gasteiger partial charge in [0.15, 0.2) is 17.3 Å². The summed E-state index contributed by atoms with van der Waals surface area (Å²) < 4.78 is 1.28. The number of hydrogen-bond donors (Lipinski definition) is 2. The third kappa shape index (κ3) is 3.07. The first kappa shape index (κ1) is 16.7.